The molecule has 49 heavy (non-hydrogen) atoms. The molecule has 5 rings (SSSR count). The van der Waals surface area contributed by atoms with Crippen LogP contribution in [0.3, 0.4) is 0 Å². The molecule has 0 saturated carbocycles. The van der Waals surface area contributed by atoms with Crippen LogP contribution in [0.4, 0.5) is 10.8 Å². The van der Waals surface area contributed by atoms with Crippen LogP contribution < -0.4 is 25.4 Å². The Bertz CT molecular complexity index is 2000. The van der Waals surface area contributed by atoms with E-state index in [9.17, 15) is 14.4 Å². The van der Waals surface area contributed by atoms with Gasteiger partial charge >= 0.3 is 0 Å². The minimum atomic E-state index is -0.556. The Labute approximate surface area is 301 Å². The first-order valence-corrected chi connectivity index (χ1v) is 17.2. The van der Waals surface area contributed by atoms with Crippen molar-refractivity contribution >= 4 is 80.9 Å². The van der Waals surface area contributed by atoms with Crippen LogP contribution in [0.1, 0.15) is 22.8 Å². The van der Waals surface area contributed by atoms with Gasteiger partial charge in [-0.25, -0.2) is 4.98 Å². The Hall–Kier alpha value is -4.81. The number of carbonyl (C=O) groups is 3. The van der Waals surface area contributed by atoms with Crippen molar-refractivity contribution in [3.63, 3.8) is 0 Å². The van der Waals surface area contributed by atoms with E-state index in [0.717, 1.165) is 10.5 Å². The van der Waals surface area contributed by atoms with Crippen molar-refractivity contribution < 1.29 is 23.9 Å². The highest BCUT2D eigenvalue weighted by molar-refractivity contribution is 8.00. The number of amides is 3. The number of aromatic nitrogens is 1. The van der Waals surface area contributed by atoms with E-state index >= 15 is 0 Å². The Morgan fingerprint density at radius 2 is 1.61 bits per heavy atom. The second-order valence-corrected chi connectivity index (χ2v) is 13.5. The number of hydrogen-bond donors (Lipinski definition) is 3. The zero-order valence-corrected chi connectivity index (χ0v) is 29.6. The molecule has 250 valence electrons. The number of benzene rings is 4. The fourth-order valence-corrected chi connectivity index (χ4v) is 6.51. The van der Waals surface area contributed by atoms with Crippen LogP contribution in [-0.2, 0) is 9.59 Å². The molecule has 0 aliphatic rings. The third-order valence-corrected chi connectivity index (χ3v) is 9.43. The predicted octanol–water partition coefficient (Wildman–Crippen LogP) is 8.66. The van der Waals surface area contributed by atoms with Gasteiger partial charge in [0.1, 0.15) is 5.70 Å². The molecule has 1 atom stereocenters. The van der Waals surface area contributed by atoms with E-state index < -0.39 is 17.1 Å². The van der Waals surface area contributed by atoms with Crippen molar-refractivity contribution in [1.29, 1.82) is 0 Å². The fourth-order valence-electron chi connectivity index (χ4n) is 4.46. The summed E-state index contributed by atoms with van der Waals surface area (Å²) in [7, 11) is 3.14. The van der Waals surface area contributed by atoms with Crippen LogP contribution in [0.25, 0.3) is 17.3 Å². The van der Waals surface area contributed by atoms with Crippen LogP contribution in [0.15, 0.2) is 107 Å². The van der Waals surface area contributed by atoms with Crippen molar-refractivity contribution in [2.24, 2.45) is 0 Å². The van der Waals surface area contributed by atoms with Crippen LogP contribution in [0.2, 0.25) is 10.0 Å². The summed E-state index contributed by atoms with van der Waals surface area (Å²) < 4.78 is 10.7. The zero-order chi connectivity index (χ0) is 34.9. The Kier molecular flexibility index (Phi) is 12.0. The van der Waals surface area contributed by atoms with Crippen molar-refractivity contribution in [3.8, 4) is 22.8 Å². The van der Waals surface area contributed by atoms with Crippen molar-refractivity contribution in [2.45, 2.75) is 17.1 Å². The third kappa shape index (κ3) is 9.42. The molecular weight excluding hydrogens is 703 g/mol. The molecule has 3 amide bonds. The number of anilines is 2. The highest BCUT2D eigenvalue weighted by Crippen LogP contribution is 2.34. The quantitative estimate of drug-likeness (QED) is 0.0868. The highest BCUT2D eigenvalue weighted by Gasteiger charge is 2.19. The first kappa shape index (κ1) is 35.5. The predicted molar refractivity (Wildman–Crippen MR) is 198 cm³/mol. The first-order valence-electron chi connectivity index (χ1n) is 14.7. The zero-order valence-electron chi connectivity index (χ0n) is 26.5. The van der Waals surface area contributed by atoms with E-state index in [-0.39, 0.29) is 11.6 Å². The molecule has 4 aromatic carbocycles. The van der Waals surface area contributed by atoms with Gasteiger partial charge in [0.2, 0.25) is 5.91 Å². The molecule has 0 aliphatic carbocycles. The van der Waals surface area contributed by atoms with Crippen LogP contribution in [-0.4, -0.2) is 42.2 Å². The van der Waals surface area contributed by atoms with E-state index in [0.29, 0.717) is 49.2 Å². The smallest absolute Gasteiger partial charge is 0.272 e. The van der Waals surface area contributed by atoms with Crippen LogP contribution >= 0.6 is 46.3 Å². The maximum Gasteiger partial charge on any atom is 0.272 e. The summed E-state index contributed by atoms with van der Waals surface area (Å²) in [6.07, 6.45) is 1.48. The summed E-state index contributed by atoms with van der Waals surface area (Å²) in [5.74, 6) is -0.0192. The first-order chi connectivity index (χ1) is 23.6. The lowest BCUT2D eigenvalue weighted by atomic mass is 10.1. The Balaban J connectivity index is 1.22. The normalized spacial score (nSPS) is 11.7. The lowest BCUT2D eigenvalue weighted by molar-refractivity contribution is -0.115. The lowest BCUT2D eigenvalue weighted by Gasteiger charge is -2.13. The molecule has 3 N–H and O–H groups in total. The average molecular weight is 734 g/mol. The fraction of sp³-hybridized carbons (Fsp3) is 0.111. The number of methoxy groups -OCH3 is 2. The van der Waals surface area contributed by atoms with Gasteiger partial charge in [-0.1, -0.05) is 47.5 Å². The summed E-state index contributed by atoms with van der Waals surface area (Å²) in [6.45, 7) is 1.80. The topological polar surface area (TPSA) is 119 Å². The molecule has 0 radical (unpaired) electrons. The highest BCUT2D eigenvalue weighted by atomic mass is 35.5. The van der Waals surface area contributed by atoms with E-state index in [1.807, 2.05) is 17.5 Å². The van der Waals surface area contributed by atoms with Gasteiger partial charge in [-0.05, 0) is 85.3 Å². The van der Waals surface area contributed by atoms with Crippen molar-refractivity contribution in [3.05, 3.63) is 123 Å². The lowest BCUT2D eigenvalue weighted by Crippen LogP contribution is -2.30. The number of ether oxygens (including phenoxy) is 2. The van der Waals surface area contributed by atoms with E-state index in [2.05, 4.69) is 20.9 Å². The number of thioether (sulfide) groups is 1. The standard InChI is InChI=1S/C36H30Cl2N4O5S2/c1-21(33(43)42-36-41-30(20-48-36)24-10-16-31(46-2)32(18-24)47-3)49-27-14-12-26(13-15-27)39-35(45)29(17-23-9-11-25(37)19-28(23)38)40-34(44)22-7-5-4-6-8-22/h4-21H,1-3H3,(H,39,45)(H,40,44)(H,41,42,43)/b29-17-. The molecule has 0 fully saturated rings. The molecular formula is C36H30Cl2N4O5S2. The molecule has 0 spiro atoms. The van der Waals surface area contributed by atoms with E-state index in [1.54, 1.807) is 100 Å². The molecule has 9 nitrogen and oxygen atoms in total. The minimum Gasteiger partial charge on any atom is -0.493 e. The second-order valence-electron chi connectivity index (χ2n) is 10.4. The van der Waals surface area contributed by atoms with Gasteiger partial charge < -0.3 is 25.4 Å². The van der Waals surface area contributed by atoms with E-state index in [4.69, 9.17) is 32.7 Å². The SMILES string of the molecule is COc1ccc(-c2csc(NC(=O)C(C)Sc3ccc(NC(=O)/C(=C/c4ccc(Cl)cc4Cl)NC(=O)c4ccccc4)cc3)n2)cc1OC. The number of halogens is 2. The summed E-state index contributed by atoms with van der Waals surface area (Å²) in [5, 5.41) is 11.0. The maximum absolute atomic E-state index is 13.4. The largest absolute Gasteiger partial charge is 0.493 e. The van der Waals surface area contributed by atoms with Crippen molar-refractivity contribution in [1.82, 2.24) is 10.3 Å². The molecule has 5 aromatic rings. The number of nitrogens with one attached hydrogen (secondary N) is 3. The average Bonchev–Trinajstić information content (AvgIpc) is 3.58. The summed E-state index contributed by atoms with van der Waals surface area (Å²) in [4.78, 5) is 44.7. The Morgan fingerprint density at radius 3 is 2.31 bits per heavy atom. The number of rotatable bonds is 12. The third-order valence-electron chi connectivity index (χ3n) is 7.00. The van der Waals surface area contributed by atoms with Gasteiger partial charge in [0.25, 0.3) is 11.8 Å². The maximum atomic E-state index is 13.4. The van der Waals surface area contributed by atoms with Gasteiger partial charge in [-0.3, -0.25) is 14.4 Å². The molecule has 1 aromatic heterocycles. The molecule has 0 saturated heterocycles. The van der Waals surface area contributed by atoms with Crippen LogP contribution in [0, 0.1) is 0 Å². The van der Waals surface area contributed by atoms with Gasteiger partial charge in [-0.2, -0.15) is 0 Å². The van der Waals surface area contributed by atoms with E-state index in [1.165, 1.54) is 29.2 Å². The molecule has 0 aliphatic heterocycles. The summed E-state index contributed by atoms with van der Waals surface area (Å²) in [5.41, 5.74) is 2.89. The van der Waals surface area contributed by atoms with Gasteiger partial charge in [0.05, 0.1) is 25.2 Å². The second kappa shape index (κ2) is 16.5. The summed E-state index contributed by atoms with van der Waals surface area (Å²) in [6, 6.07) is 25.9. The number of hydrogen-bond acceptors (Lipinski definition) is 8. The minimum absolute atomic E-state index is 0.0155. The molecule has 1 unspecified atom stereocenters. The van der Waals surface area contributed by atoms with Gasteiger partial charge in [0, 0.05) is 37.1 Å². The number of nitrogens with zero attached hydrogens (tertiary/aromatic N) is 1. The van der Waals surface area contributed by atoms with Gasteiger partial charge in [-0.15, -0.1) is 23.1 Å². The molecule has 13 heteroatoms. The summed E-state index contributed by atoms with van der Waals surface area (Å²) >= 11 is 15.1. The monoisotopic (exact) mass is 732 g/mol. The van der Waals surface area contributed by atoms with Gasteiger partial charge in [0.15, 0.2) is 16.6 Å². The number of thiazole rings is 1. The Morgan fingerprint density at radius 1 is 0.878 bits per heavy atom. The molecule has 1 heterocycles. The van der Waals surface area contributed by atoms with Crippen molar-refractivity contribution in [2.75, 3.05) is 24.9 Å². The molecule has 0 bridgehead atoms. The van der Waals surface area contributed by atoms with Crippen LogP contribution in [0.5, 0.6) is 11.5 Å². The number of carbonyl (C=O) groups excluding carboxylic acids is 3.